The van der Waals surface area contributed by atoms with Gasteiger partial charge in [0, 0.05) is 23.2 Å². The van der Waals surface area contributed by atoms with Crippen LogP contribution in [0.1, 0.15) is 38.3 Å². The molecule has 0 radical (unpaired) electrons. The highest BCUT2D eigenvalue weighted by Crippen LogP contribution is 2.34. The Morgan fingerprint density at radius 3 is 2.00 bits per heavy atom. The second-order valence-corrected chi connectivity index (χ2v) is 8.74. The minimum Gasteiger partial charge on any atom is -0.318 e. The van der Waals surface area contributed by atoms with Gasteiger partial charge in [-0.25, -0.2) is 0 Å². The molecule has 0 bridgehead atoms. The van der Waals surface area contributed by atoms with Crippen molar-refractivity contribution in [3.8, 4) is 0 Å². The molecule has 3 nitrogen and oxygen atoms in total. The first-order valence-corrected chi connectivity index (χ1v) is 10.3. The zero-order valence-corrected chi connectivity index (χ0v) is 16.9. The van der Waals surface area contributed by atoms with Gasteiger partial charge >= 0.3 is 0 Å². The number of ketones is 1. The maximum Gasteiger partial charge on any atom is 0.219 e. The molecule has 0 saturated heterocycles. The van der Waals surface area contributed by atoms with Crippen LogP contribution in [-0.4, -0.2) is 17.5 Å². The van der Waals surface area contributed by atoms with Crippen LogP contribution < -0.4 is 0 Å². The molecule has 0 spiro atoms. The molecule has 0 aliphatic rings. The summed E-state index contributed by atoms with van der Waals surface area (Å²) in [5.74, 6) is -0.362. The summed E-state index contributed by atoms with van der Waals surface area (Å²) in [6.07, 6.45) is -0.0963. The Morgan fingerprint density at radius 2 is 1.48 bits per heavy atom. The van der Waals surface area contributed by atoms with Crippen LogP contribution in [0.25, 0.3) is 0 Å². The third-order valence-corrected chi connectivity index (χ3v) is 6.10. The van der Waals surface area contributed by atoms with Crippen LogP contribution in [0.4, 0.5) is 0 Å². The Labute approximate surface area is 162 Å². The van der Waals surface area contributed by atoms with Gasteiger partial charge in [-0.15, -0.1) is 0 Å². The summed E-state index contributed by atoms with van der Waals surface area (Å²) in [5.41, 5.74) is 1.77. The molecule has 0 amide bonds. The van der Waals surface area contributed by atoms with Crippen molar-refractivity contribution in [2.75, 3.05) is 6.16 Å². The number of halogens is 3. The largest absolute Gasteiger partial charge is 0.318 e. The molecule has 0 aromatic heterocycles. The maximum absolute atomic E-state index is 12.5. The van der Waals surface area contributed by atoms with Crippen molar-refractivity contribution >= 4 is 53.9 Å². The molecule has 1 atom stereocenters. The van der Waals surface area contributed by atoms with E-state index in [1.807, 2.05) is 6.07 Å². The van der Waals surface area contributed by atoms with Crippen LogP contribution >= 0.6 is 42.6 Å². The van der Waals surface area contributed by atoms with Gasteiger partial charge < -0.3 is 4.57 Å². The van der Waals surface area contributed by atoms with E-state index in [0.29, 0.717) is 10.6 Å². The van der Waals surface area contributed by atoms with Gasteiger partial charge in [0.05, 0.1) is 15.6 Å². The molecule has 0 saturated carbocycles. The first kappa shape index (κ1) is 20.2. The highest BCUT2D eigenvalue weighted by Gasteiger charge is 2.21. The minimum absolute atomic E-state index is 0.0224. The number of rotatable bonds is 6. The highest BCUT2D eigenvalue weighted by atomic mass is 35.5. The molecule has 2 rings (SSSR count). The Morgan fingerprint density at radius 1 is 0.960 bits per heavy atom. The average Bonchev–Trinajstić information content (AvgIpc) is 2.51. The van der Waals surface area contributed by atoms with Crippen molar-refractivity contribution in [3.05, 3.63) is 67.7 Å². The van der Waals surface area contributed by atoms with Crippen molar-refractivity contribution in [1.82, 2.24) is 0 Å². The van der Waals surface area contributed by atoms with E-state index in [0.717, 1.165) is 11.1 Å². The number of benzene rings is 2. The van der Waals surface area contributed by atoms with Gasteiger partial charge in [0.25, 0.3) is 0 Å². The van der Waals surface area contributed by atoms with Crippen molar-refractivity contribution in [2.24, 2.45) is 0 Å². The highest BCUT2D eigenvalue weighted by molar-refractivity contribution is 7.64. The predicted octanol–water partition coefficient (Wildman–Crippen LogP) is 6.24. The fourth-order valence-electron chi connectivity index (χ4n) is 2.59. The lowest BCUT2D eigenvalue weighted by Gasteiger charge is -2.09. The van der Waals surface area contributed by atoms with E-state index in [4.69, 9.17) is 34.8 Å². The predicted molar refractivity (Wildman–Crippen MR) is 105 cm³/mol. The third-order valence-electron chi connectivity index (χ3n) is 3.83. The van der Waals surface area contributed by atoms with Crippen molar-refractivity contribution < 1.29 is 14.2 Å². The fraction of sp³-hybridized carbons (Fsp3) is 0.222. The smallest absolute Gasteiger partial charge is 0.219 e. The van der Waals surface area contributed by atoms with Gasteiger partial charge in [0.1, 0.15) is 7.80 Å². The summed E-state index contributed by atoms with van der Waals surface area (Å²) in [5, 5.41) is 0.608. The van der Waals surface area contributed by atoms with Gasteiger partial charge in [-0.1, -0.05) is 53.0 Å². The third kappa shape index (κ3) is 4.74. The Balaban J connectivity index is 2.12. The molecule has 2 aromatic rings. The number of aryl methyl sites for hydroxylation is 2. The topological polar surface area (TPSA) is 51.2 Å². The monoisotopic (exact) mass is 416 g/mol. The Bertz CT molecular complexity index is 835. The molecule has 0 fully saturated rings. The second kappa shape index (κ2) is 8.51. The zero-order chi connectivity index (χ0) is 18.7. The van der Waals surface area contributed by atoms with E-state index in [-0.39, 0.29) is 34.0 Å². The lowest BCUT2D eigenvalue weighted by atomic mass is 10.0. The van der Waals surface area contributed by atoms with Crippen molar-refractivity contribution in [3.63, 3.8) is 0 Å². The Hall–Kier alpha value is -1.12. The fourth-order valence-corrected chi connectivity index (χ4v) is 4.97. The van der Waals surface area contributed by atoms with Gasteiger partial charge in [-0.3, -0.25) is 9.59 Å². The molecule has 25 heavy (non-hydrogen) atoms. The van der Waals surface area contributed by atoms with Crippen LogP contribution in [0.5, 0.6) is 0 Å². The van der Waals surface area contributed by atoms with E-state index in [1.165, 1.54) is 12.1 Å². The van der Waals surface area contributed by atoms with Gasteiger partial charge in [-0.05, 0) is 37.1 Å². The molecule has 7 heteroatoms. The Kier molecular flexibility index (Phi) is 6.87. The summed E-state index contributed by atoms with van der Waals surface area (Å²) in [6.45, 7) is 3.60. The minimum atomic E-state index is -2.62. The van der Waals surface area contributed by atoms with E-state index < -0.39 is 13.3 Å². The number of Topliss-reactive ketones (excluding diaryl/α,β-unsaturated/α-hetero) is 1. The quantitative estimate of drug-likeness (QED) is 0.413. The number of hydrogen-bond donors (Lipinski definition) is 0. The van der Waals surface area contributed by atoms with Gasteiger partial charge in [0.15, 0.2) is 5.78 Å². The summed E-state index contributed by atoms with van der Waals surface area (Å²) in [4.78, 5) is 24.8. The number of carbonyl (C=O) groups excluding carboxylic acids is 2. The molecule has 0 aliphatic carbocycles. The average molecular weight is 418 g/mol. The molecule has 0 heterocycles. The van der Waals surface area contributed by atoms with Crippen LogP contribution in [0.15, 0.2) is 30.3 Å². The molecule has 1 unspecified atom stereocenters. The number of carbonyl (C=O) groups is 2. The summed E-state index contributed by atoms with van der Waals surface area (Å²) >= 11 is 17.9. The molecular weight excluding hydrogens is 402 g/mol. The lowest BCUT2D eigenvalue weighted by Crippen LogP contribution is -2.06. The first-order valence-electron chi connectivity index (χ1n) is 7.54. The first-order chi connectivity index (χ1) is 11.7. The molecular formula is C18H16Cl3O3P. The van der Waals surface area contributed by atoms with Crippen LogP contribution in [-0.2, 0) is 4.57 Å². The molecule has 0 aliphatic heterocycles. The zero-order valence-electron chi connectivity index (χ0n) is 13.7. The normalized spacial score (nSPS) is 12.0. The van der Waals surface area contributed by atoms with Crippen LogP contribution in [0.2, 0.25) is 15.1 Å². The van der Waals surface area contributed by atoms with Crippen molar-refractivity contribution in [2.45, 2.75) is 20.3 Å². The van der Waals surface area contributed by atoms with E-state index in [9.17, 15) is 14.2 Å². The maximum atomic E-state index is 12.5. The standard InChI is InChI=1S/C18H16Cl3O3P/c1-10-4-3-5-11(2)16(10)18(23)25(24)7-6-15(22)17-13(20)8-12(19)9-14(17)21/h3-5,8-9,25H,6-7H2,1-2H3. The van der Waals surface area contributed by atoms with Gasteiger partial charge in [-0.2, -0.15) is 0 Å². The molecule has 132 valence electrons. The van der Waals surface area contributed by atoms with Crippen LogP contribution in [0.3, 0.4) is 0 Å². The summed E-state index contributed by atoms with van der Waals surface area (Å²) in [7, 11) is -2.62. The van der Waals surface area contributed by atoms with E-state index >= 15 is 0 Å². The van der Waals surface area contributed by atoms with E-state index in [1.54, 1.807) is 26.0 Å². The van der Waals surface area contributed by atoms with E-state index in [2.05, 4.69) is 0 Å². The second-order valence-electron chi connectivity index (χ2n) is 5.69. The molecule has 2 aromatic carbocycles. The van der Waals surface area contributed by atoms with Gasteiger partial charge in [0.2, 0.25) is 5.52 Å². The van der Waals surface area contributed by atoms with Crippen LogP contribution in [0, 0.1) is 13.8 Å². The number of hydrogen-bond acceptors (Lipinski definition) is 3. The lowest BCUT2D eigenvalue weighted by molar-refractivity contribution is 0.0989. The molecule has 0 N–H and O–H groups in total. The van der Waals surface area contributed by atoms with Crippen molar-refractivity contribution in [1.29, 1.82) is 0 Å². The summed E-state index contributed by atoms with van der Waals surface area (Å²) in [6, 6.07) is 8.29. The summed E-state index contributed by atoms with van der Waals surface area (Å²) < 4.78 is 12.4. The SMILES string of the molecule is Cc1cccc(C)c1C(=O)[PH](=O)CCC(=O)c1c(Cl)cc(Cl)cc1Cl.